The van der Waals surface area contributed by atoms with Gasteiger partial charge in [-0.2, -0.15) is 0 Å². The number of benzene rings is 3. The smallest absolute Gasteiger partial charge is 0.337 e. The fourth-order valence-electron chi connectivity index (χ4n) is 2.48. The van der Waals surface area contributed by atoms with Crippen molar-refractivity contribution in [3.8, 4) is 11.1 Å². The first kappa shape index (κ1) is 14.8. The second-order valence-corrected chi connectivity index (χ2v) is 5.15. The molecule has 23 heavy (non-hydrogen) atoms. The number of rotatable bonds is 3. The summed E-state index contributed by atoms with van der Waals surface area (Å²) in [6.07, 6.45) is 0. The topological polar surface area (TPSA) is 63.6 Å². The maximum Gasteiger partial charge on any atom is 0.337 e. The fourth-order valence-corrected chi connectivity index (χ4v) is 2.48. The van der Waals surface area contributed by atoms with Crippen molar-refractivity contribution >= 4 is 22.7 Å². The van der Waals surface area contributed by atoms with Crippen molar-refractivity contribution in [2.75, 3.05) is 7.11 Å². The second-order valence-electron chi connectivity index (χ2n) is 5.15. The zero-order chi connectivity index (χ0) is 16.4. The number of aromatic carboxylic acids is 1. The third-order valence-corrected chi connectivity index (χ3v) is 3.73. The van der Waals surface area contributed by atoms with Gasteiger partial charge in [0.1, 0.15) is 0 Å². The normalized spacial score (nSPS) is 10.5. The van der Waals surface area contributed by atoms with E-state index in [-0.39, 0.29) is 11.5 Å². The van der Waals surface area contributed by atoms with Gasteiger partial charge in [0.2, 0.25) is 0 Å². The van der Waals surface area contributed by atoms with Crippen molar-refractivity contribution in [3.63, 3.8) is 0 Å². The van der Waals surface area contributed by atoms with Gasteiger partial charge in [-0.3, -0.25) is 0 Å². The Bertz CT molecular complexity index is 895. The second kappa shape index (κ2) is 5.93. The van der Waals surface area contributed by atoms with Gasteiger partial charge in [-0.15, -0.1) is 0 Å². The highest BCUT2D eigenvalue weighted by atomic mass is 16.5. The highest BCUT2D eigenvalue weighted by Gasteiger charge is 2.07. The first-order chi connectivity index (χ1) is 11.1. The van der Waals surface area contributed by atoms with E-state index in [1.54, 1.807) is 36.4 Å². The minimum absolute atomic E-state index is 0.261. The van der Waals surface area contributed by atoms with Crippen molar-refractivity contribution in [2.24, 2.45) is 0 Å². The Morgan fingerprint density at radius 3 is 2.00 bits per heavy atom. The Balaban J connectivity index is 1.99. The predicted octanol–water partition coefficient (Wildman–Crippen LogP) is 3.99. The molecule has 0 aliphatic carbocycles. The van der Waals surface area contributed by atoms with Crippen LogP contribution in [0.2, 0.25) is 0 Å². The molecule has 0 amide bonds. The fraction of sp³-hybridized carbons (Fsp3) is 0.0526. The molecule has 0 radical (unpaired) electrons. The van der Waals surface area contributed by atoms with Gasteiger partial charge in [0, 0.05) is 0 Å². The molecule has 0 aliphatic rings. The highest BCUT2D eigenvalue weighted by Crippen LogP contribution is 2.25. The lowest BCUT2D eigenvalue weighted by atomic mass is 9.99. The molecule has 4 heteroatoms. The van der Waals surface area contributed by atoms with Crippen molar-refractivity contribution in [2.45, 2.75) is 0 Å². The summed E-state index contributed by atoms with van der Waals surface area (Å²) in [4.78, 5) is 22.5. The van der Waals surface area contributed by atoms with Gasteiger partial charge in [0.15, 0.2) is 0 Å². The zero-order valence-corrected chi connectivity index (χ0v) is 12.4. The van der Waals surface area contributed by atoms with Crippen molar-refractivity contribution in [1.29, 1.82) is 0 Å². The summed E-state index contributed by atoms with van der Waals surface area (Å²) in [6.45, 7) is 0. The molecule has 0 saturated carbocycles. The van der Waals surface area contributed by atoms with E-state index in [0.29, 0.717) is 5.56 Å². The van der Waals surface area contributed by atoms with Gasteiger partial charge in [-0.05, 0) is 52.2 Å². The standard InChI is InChI=1S/C19H14O4/c1-23-19(22)17-9-8-15-10-14(6-7-16(15)11-17)12-2-4-13(5-3-12)18(20)21/h2-11H,1H3,(H,20,21). The first-order valence-electron chi connectivity index (χ1n) is 7.04. The van der Waals surface area contributed by atoms with Gasteiger partial charge < -0.3 is 9.84 Å². The number of carbonyl (C=O) groups excluding carboxylic acids is 1. The molecule has 1 N–H and O–H groups in total. The van der Waals surface area contributed by atoms with Crippen LogP contribution in [0, 0.1) is 0 Å². The van der Waals surface area contributed by atoms with E-state index in [1.165, 1.54) is 7.11 Å². The molecule has 0 saturated heterocycles. The van der Waals surface area contributed by atoms with Crippen molar-refractivity contribution < 1.29 is 19.4 Å². The number of carboxylic acids is 1. The van der Waals surface area contributed by atoms with Crippen LogP contribution in [-0.2, 0) is 4.74 Å². The van der Waals surface area contributed by atoms with E-state index < -0.39 is 5.97 Å². The number of ether oxygens (including phenoxy) is 1. The van der Waals surface area contributed by atoms with E-state index in [0.717, 1.165) is 21.9 Å². The summed E-state index contributed by atoms with van der Waals surface area (Å²) in [5.41, 5.74) is 2.70. The maximum atomic E-state index is 11.6. The highest BCUT2D eigenvalue weighted by molar-refractivity contribution is 5.96. The predicted molar refractivity (Wildman–Crippen MR) is 87.7 cm³/mol. The molecular weight excluding hydrogens is 292 g/mol. The van der Waals surface area contributed by atoms with Crippen LogP contribution < -0.4 is 0 Å². The minimum Gasteiger partial charge on any atom is -0.478 e. The molecule has 0 spiro atoms. The van der Waals surface area contributed by atoms with Crippen LogP contribution in [0.4, 0.5) is 0 Å². The lowest BCUT2D eigenvalue weighted by molar-refractivity contribution is 0.0600. The summed E-state index contributed by atoms with van der Waals surface area (Å²) in [6, 6.07) is 18.0. The first-order valence-corrected chi connectivity index (χ1v) is 7.04. The van der Waals surface area contributed by atoms with Gasteiger partial charge in [0.05, 0.1) is 18.2 Å². The van der Waals surface area contributed by atoms with Crippen LogP contribution in [0.15, 0.2) is 60.7 Å². The number of hydrogen-bond donors (Lipinski definition) is 1. The molecule has 0 heterocycles. The molecule has 0 aliphatic heterocycles. The molecule has 3 aromatic rings. The molecule has 4 nitrogen and oxygen atoms in total. The average Bonchev–Trinajstić information content (AvgIpc) is 2.60. The van der Waals surface area contributed by atoms with E-state index in [9.17, 15) is 9.59 Å². The van der Waals surface area contributed by atoms with Crippen LogP contribution in [0.25, 0.3) is 21.9 Å². The van der Waals surface area contributed by atoms with Gasteiger partial charge in [0.25, 0.3) is 0 Å². The van der Waals surface area contributed by atoms with Crippen LogP contribution >= 0.6 is 0 Å². The Hall–Kier alpha value is -3.14. The third-order valence-electron chi connectivity index (χ3n) is 3.73. The average molecular weight is 306 g/mol. The molecule has 0 atom stereocenters. The Morgan fingerprint density at radius 1 is 0.783 bits per heavy atom. The van der Waals surface area contributed by atoms with E-state index in [2.05, 4.69) is 0 Å². The summed E-state index contributed by atoms with van der Waals surface area (Å²) < 4.78 is 4.72. The van der Waals surface area contributed by atoms with Crippen LogP contribution in [0.1, 0.15) is 20.7 Å². The third kappa shape index (κ3) is 2.92. The van der Waals surface area contributed by atoms with E-state index >= 15 is 0 Å². The molecule has 114 valence electrons. The molecule has 0 aromatic heterocycles. The number of carbonyl (C=O) groups is 2. The number of carboxylic acid groups (broad SMARTS) is 1. The number of fused-ring (bicyclic) bond motifs is 1. The lowest BCUT2D eigenvalue weighted by Gasteiger charge is -2.06. The van der Waals surface area contributed by atoms with Gasteiger partial charge in [-0.25, -0.2) is 9.59 Å². The summed E-state index contributed by atoms with van der Waals surface area (Å²) in [5.74, 6) is -1.30. The largest absolute Gasteiger partial charge is 0.478 e. The molecule has 3 rings (SSSR count). The van der Waals surface area contributed by atoms with Crippen LogP contribution in [0.5, 0.6) is 0 Å². The Labute approximate surface area is 132 Å². The summed E-state index contributed by atoms with van der Waals surface area (Å²) >= 11 is 0. The summed E-state index contributed by atoms with van der Waals surface area (Å²) in [5, 5.41) is 10.9. The monoisotopic (exact) mass is 306 g/mol. The molecule has 0 fully saturated rings. The maximum absolute atomic E-state index is 11.6. The van der Waals surface area contributed by atoms with Gasteiger partial charge in [-0.1, -0.05) is 30.3 Å². The number of hydrogen-bond acceptors (Lipinski definition) is 3. The molecule has 0 bridgehead atoms. The van der Waals surface area contributed by atoms with Crippen LogP contribution in [-0.4, -0.2) is 24.2 Å². The molecule has 3 aromatic carbocycles. The number of methoxy groups -OCH3 is 1. The van der Waals surface area contributed by atoms with Crippen molar-refractivity contribution in [3.05, 3.63) is 71.8 Å². The quantitative estimate of drug-likeness (QED) is 0.743. The molecular formula is C19H14O4. The van der Waals surface area contributed by atoms with Gasteiger partial charge >= 0.3 is 11.9 Å². The lowest BCUT2D eigenvalue weighted by Crippen LogP contribution is -2.00. The SMILES string of the molecule is COC(=O)c1ccc2cc(-c3ccc(C(=O)O)cc3)ccc2c1. The zero-order valence-electron chi connectivity index (χ0n) is 12.4. The minimum atomic E-state index is -0.939. The Kier molecular flexibility index (Phi) is 3.81. The Morgan fingerprint density at radius 2 is 1.35 bits per heavy atom. The van der Waals surface area contributed by atoms with E-state index in [4.69, 9.17) is 9.84 Å². The van der Waals surface area contributed by atoms with Crippen molar-refractivity contribution in [1.82, 2.24) is 0 Å². The molecule has 0 unspecified atom stereocenters. The number of esters is 1. The van der Waals surface area contributed by atoms with E-state index in [1.807, 2.05) is 24.3 Å². The van der Waals surface area contributed by atoms with Crippen LogP contribution in [0.3, 0.4) is 0 Å². The summed E-state index contributed by atoms with van der Waals surface area (Å²) in [7, 11) is 1.36.